The molecule has 0 atom stereocenters. The Hall–Kier alpha value is -1.69. The van der Waals surface area contributed by atoms with E-state index in [1.54, 1.807) is 17.4 Å². The van der Waals surface area contributed by atoms with Crippen molar-refractivity contribution in [1.82, 2.24) is 5.32 Å². The number of rotatable bonds is 2. The lowest BCUT2D eigenvalue weighted by atomic mass is 10.2. The minimum absolute atomic E-state index is 0.151. The number of aryl methyl sites for hydroxylation is 2. The molecule has 3 nitrogen and oxygen atoms in total. The Morgan fingerprint density at radius 3 is 2.68 bits per heavy atom. The van der Waals surface area contributed by atoms with E-state index in [-0.39, 0.29) is 5.91 Å². The molecule has 1 aliphatic heterocycles. The first-order valence-electron chi connectivity index (χ1n) is 6.65. The average molecular weight is 349 g/mol. The lowest BCUT2D eigenvalue weighted by Gasteiger charge is -2.16. The van der Waals surface area contributed by atoms with Gasteiger partial charge in [-0.05, 0) is 68.0 Å². The van der Waals surface area contributed by atoms with E-state index in [1.165, 1.54) is 9.78 Å². The van der Waals surface area contributed by atoms with Crippen molar-refractivity contribution in [2.45, 2.75) is 13.8 Å². The largest absolute Gasteiger partial charge is 0.327 e. The first-order valence-corrected chi connectivity index (χ1v) is 8.26. The van der Waals surface area contributed by atoms with Gasteiger partial charge in [0.05, 0.1) is 5.69 Å². The number of hydrogen-bond acceptors (Lipinski definition) is 3. The van der Waals surface area contributed by atoms with E-state index in [1.807, 2.05) is 44.2 Å². The second-order valence-corrected chi connectivity index (χ2v) is 7.15. The van der Waals surface area contributed by atoms with Gasteiger partial charge in [0.15, 0.2) is 5.11 Å². The summed E-state index contributed by atoms with van der Waals surface area (Å²) in [6, 6.07) is 9.39. The molecule has 112 valence electrons. The van der Waals surface area contributed by atoms with Crippen molar-refractivity contribution >= 4 is 57.9 Å². The number of nitrogens with zero attached hydrogens (tertiary/aromatic N) is 1. The molecule has 1 aromatic heterocycles. The number of anilines is 1. The van der Waals surface area contributed by atoms with Gasteiger partial charge < -0.3 is 5.32 Å². The molecule has 1 aromatic carbocycles. The third-order valence-corrected chi connectivity index (χ3v) is 4.79. The zero-order valence-electron chi connectivity index (χ0n) is 12.0. The van der Waals surface area contributed by atoms with Gasteiger partial charge in [0.2, 0.25) is 0 Å². The molecule has 2 aromatic rings. The van der Waals surface area contributed by atoms with Crippen LogP contribution in [0.15, 0.2) is 36.0 Å². The second-order valence-electron chi connectivity index (χ2n) is 5.01. The van der Waals surface area contributed by atoms with Crippen molar-refractivity contribution in [1.29, 1.82) is 0 Å². The number of benzene rings is 1. The van der Waals surface area contributed by atoms with Crippen molar-refractivity contribution in [2.75, 3.05) is 4.90 Å². The van der Waals surface area contributed by atoms with E-state index >= 15 is 0 Å². The molecule has 0 saturated carbocycles. The molecule has 1 amide bonds. The highest BCUT2D eigenvalue weighted by atomic mass is 35.5. The Morgan fingerprint density at radius 2 is 2.05 bits per heavy atom. The number of carbonyl (C=O) groups is 1. The molecule has 0 bridgehead atoms. The highest BCUT2D eigenvalue weighted by Gasteiger charge is 2.32. The molecule has 6 heteroatoms. The van der Waals surface area contributed by atoms with Gasteiger partial charge in [0, 0.05) is 14.8 Å². The summed E-state index contributed by atoms with van der Waals surface area (Å²) in [6.45, 7) is 3.94. The van der Waals surface area contributed by atoms with Crippen molar-refractivity contribution in [3.63, 3.8) is 0 Å². The van der Waals surface area contributed by atoms with Crippen LogP contribution in [0.2, 0.25) is 5.02 Å². The van der Waals surface area contributed by atoms with Crippen LogP contribution in [0.3, 0.4) is 0 Å². The second kappa shape index (κ2) is 5.83. The standard InChI is InChI=1S/C16H13ClN2OS2/c1-9-7-11(17)4-6-14(9)19-15(20)13(18-16(19)21)8-12-5-3-10(2)22-12/h3-8H,1-2H3,(H,18,21)/b13-8-. The number of hydrogen-bond donors (Lipinski definition) is 1. The summed E-state index contributed by atoms with van der Waals surface area (Å²) >= 11 is 12.9. The third-order valence-electron chi connectivity index (χ3n) is 3.33. The lowest BCUT2D eigenvalue weighted by molar-refractivity contribution is -0.113. The highest BCUT2D eigenvalue weighted by Crippen LogP contribution is 2.28. The summed E-state index contributed by atoms with van der Waals surface area (Å²) in [6.07, 6.45) is 1.83. The Bertz CT molecular complexity index is 810. The van der Waals surface area contributed by atoms with Gasteiger partial charge in [-0.25, -0.2) is 0 Å². The van der Waals surface area contributed by atoms with Crippen molar-refractivity contribution in [3.05, 3.63) is 56.4 Å². The maximum absolute atomic E-state index is 12.6. The van der Waals surface area contributed by atoms with Crippen LogP contribution in [-0.4, -0.2) is 11.0 Å². The molecule has 1 fully saturated rings. The van der Waals surface area contributed by atoms with Crippen LogP contribution in [-0.2, 0) is 4.79 Å². The molecule has 0 unspecified atom stereocenters. The highest BCUT2D eigenvalue weighted by molar-refractivity contribution is 7.80. The van der Waals surface area contributed by atoms with Gasteiger partial charge in [0.25, 0.3) is 5.91 Å². The van der Waals surface area contributed by atoms with Crippen LogP contribution in [0, 0.1) is 13.8 Å². The molecule has 0 radical (unpaired) electrons. The van der Waals surface area contributed by atoms with Gasteiger partial charge in [0.1, 0.15) is 5.70 Å². The van der Waals surface area contributed by atoms with E-state index in [9.17, 15) is 4.79 Å². The molecular formula is C16H13ClN2OS2. The fourth-order valence-electron chi connectivity index (χ4n) is 2.30. The maximum atomic E-state index is 12.6. The monoisotopic (exact) mass is 348 g/mol. The van der Waals surface area contributed by atoms with Gasteiger partial charge >= 0.3 is 0 Å². The van der Waals surface area contributed by atoms with Gasteiger partial charge in [-0.15, -0.1) is 11.3 Å². The average Bonchev–Trinajstić information content (AvgIpc) is 2.96. The first kappa shape index (κ1) is 15.2. The van der Waals surface area contributed by atoms with E-state index in [4.69, 9.17) is 23.8 Å². The molecule has 1 aliphatic rings. The number of nitrogens with one attached hydrogen (secondary N) is 1. The summed E-state index contributed by atoms with van der Waals surface area (Å²) < 4.78 is 0. The van der Waals surface area contributed by atoms with Crippen molar-refractivity contribution in [2.24, 2.45) is 0 Å². The Labute approximate surface area is 143 Å². The van der Waals surface area contributed by atoms with Crippen LogP contribution in [0.4, 0.5) is 5.69 Å². The van der Waals surface area contributed by atoms with Crippen molar-refractivity contribution < 1.29 is 4.79 Å². The van der Waals surface area contributed by atoms with Crippen molar-refractivity contribution in [3.8, 4) is 0 Å². The Kier molecular flexibility index (Phi) is 4.04. The summed E-state index contributed by atoms with van der Waals surface area (Å²) in [5.74, 6) is -0.151. The molecule has 0 aliphatic carbocycles. The predicted octanol–water partition coefficient (Wildman–Crippen LogP) is 4.28. The van der Waals surface area contributed by atoms with Gasteiger partial charge in [-0.3, -0.25) is 9.69 Å². The van der Waals surface area contributed by atoms with Gasteiger partial charge in [-0.1, -0.05) is 11.6 Å². The summed E-state index contributed by atoms with van der Waals surface area (Å²) in [5.41, 5.74) is 2.14. The molecule has 22 heavy (non-hydrogen) atoms. The SMILES string of the molecule is Cc1ccc(/C=C2\NC(=S)N(c3ccc(Cl)cc3C)C2=O)s1. The summed E-state index contributed by atoms with van der Waals surface area (Å²) in [5, 5.41) is 4.01. The van der Waals surface area contributed by atoms with Gasteiger partial charge in [-0.2, -0.15) is 0 Å². The van der Waals surface area contributed by atoms with Crippen LogP contribution in [0.1, 0.15) is 15.3 Å². The summed E-state index contributed by atoms with van der Waals surface area (Å²) in [7, 11) is 0. The molecule has 1 saturated heterocycles. The van der Waals surface area contributed by atoms with E-state index in [0.29, 0.717) is 15.8 Å². The molecular weight excluding hydrogens is 336 g/mol. The number of amides is 1. The van der Waals surface area contributed by atoms with Crippen LogP contribution < -0.4 is 10.2 Å². The number of halogens is 1. The molecule has 3 rings (SSSR count). The predicted molar refractivity (Wildman–Crippen MR) is 96.4 cm³/mol. The topological polar surface area (TPSA) is 32.3 Å². The van der Waals surface area contributed by atoms with E-state index in [0.717, 1.165) is 16.1 Å². The van der Waals surface area contributed by atoms with E-state index < -0.39 is 0 Å². The Balaban J connectivity index is 1.96. The minimum Gasteiger partial charge on any atom is -0.327 e. The van der Waals surface area contributed by atoms with E-state index in [2.05, 4.69) is 5.32 Å². The number of thiocarbonyl (C=S) groups is 1. The fraction of sp³-hybridized carbons (Fsp3) is 0.125. The fourth-order valence-corrected chi connectivity index (χ4v) is 3.64. The Morgan fingerprint density at radius 1 is 1.27 bits per heavy atom. The summed E-state index contributed by atoms with van der Waals surface area (Å²) in [4.78, 5) is 16.4. The van der Waals surface area contributed by atoms with Crippen LogP contribution in [0.5, 0.6) is 0 Å². The molecule has 1 N–H and O–H groups in total. The zero-order valence-corrected chi connectivity index (χ0v) is 14.4. The molecule has 2 heterocycles. The minimum atomic E-state index is -0.151. The normalized spacial score (nSPS) is 16.5. The quantitative estimate of drug-likeness (QED) is 0.649. The lowest BCUT2D eigenvalue weighted by Crippen LogP contribution is -2.30. The number of thiophene rings is 1. The third kappa shape index (κ3) is 2.79. The first-order chi connectivity index (χ1) is 10.5. The zero-order chi connectivity index (χ0) is 15.9. The van der Waals surface area contributed by atoms with Crippen LogP contribution >= 0.6 is 35.2 Å². The molecule has 0 spiro atoms. The van der Waals surface area contributed by atoms with Crippen LogP contribution in [0.25, 0.3) is 6.08 Å². The maximum Gasteiger partial charge on any atom is 0.281 e. The number of carbonyl (C=O) groups excluding carboxylic acids is 1. The smallest absolute Gasteiger partial charge is 0.281 e.